The van der Waals surface area contributed by atoms with E-state index in [-0.39, 0.29) is 16.9 Å². The van der Waals surface area contributed by atoms with Gasteiger partial charge in [0.2, 0.25) is 15.9 Å². The van der Waals surface area contributed by atoms with Crippen LogP contribution in [-0.2, 0) is 14.8 Å². The first kappa shape index (κ1) is 23.1. The molecule has 6 nitrogen and oxygen atoms in total. The maximum Gasteiger partial charge on any atom is 0.248 e. The molecule has 0 atom stereocenters. The van der Waals surface area contributed by atoms with Crippen molar-refractivity contribution in [2.75, 3.05) is 18.4 Å². The summed E-state index contributed by atoms with van der Waals surface area (Å²) >= 11 is 1.55. The normalized spacial score (nSPS) is 12.1. The molecule has 0 bridgehead atoms. The van der Waals surface area contributed by atoms with Gasteiger partial charge in [-0.3, -0.25) is 4.79 Å². The van der Waals surface area contributed by atoms with E-state index in [4.69, 9.17) is 4.74 Å². The number of anilines is 1. The van der Waals surface area contributed by atoms with Crippen molar-refractivity contribution in [2.45, 2.75) is 45.6 Å². The zero-order valence-corrected chi connectivity index (χ0v) is 19.1. The summed E-state index contributed by atoms with van der Waals surface area (Å²) in [5.74, 6) is 0.0661. The van der Waals surface area contributed by atoms with Gasteiger partial charge in [0.15, 0.2) is 0 Å². The van der Waals surface area contributed by atoms with E-state index in [1.165, 1.54) is 22.5 Å². The topological polar surface area (TPSA) is 75.7 Å². The molecule has 2 aromatic rings. The van der Waals surface area contributed by atoms with Gasteiger partial charge in [0.05, 0.1) is 16.7 Å². The summed E-state index contributed by atoms with van der Waals surface area (Å²) in [4.78, 5) is 13.6. The summed E-state index contributed by atoms with van der Waals surface area (Å²) in [5, 5.41) is 4.72. The second-order valence-corrected chi connectivity index (χ2v) is 9.59. The molecule has 1 heterocycles. The Hall–Kier alpha value is -2.16. The lowest BCUT2D eigenvalue weighted by Crippen LogP contribution is -2.30. The highest BCUT2D eigenvalue weighted by Crippen LogP contribution is 2.30. The fourth-order valence-electron chi connectivity index (χ4n) is 2.72. The molecule has 0 fully saturated rings. The SMILES string of the molecule is CCN(CC)S(=O)(=O)c1ccc(OC(C)C)c(NC(=O)/C=C/c2sccc2C)c1. The molecule has 1 aromatic heterocycles. The fourth-order valence-corrected chi connectivity index (χ4v) is 5.02. The molecule has 0 radical (unpaired) electrons. The van der Waals surface area contributed by atoms with Crippen LogP contribution in [-0.4, -0.2) is 37.8 Å². The van der Waals surface area contributed by atoms with E-state index >= 15 is 0 Å². The summed E-state index contributed by atoms with van der Waals surface area (Å²) in [6, 6.07) is 6.52. The minimum Gasteiger partial charge on any atom is -0.489 e. The van der Waals surface area contributed by atoms with Gasteiger partial charge in [0.25, 0.3) is 0 Å². The number of thiophene rings is 1. The highest BCUT2D eigenvalue weighted by atomic mass is 32.2. The van der Waals surface area contributed by atoms with Crippen molar-refractivity contribution in [3.8, 4) is 5.75 Å². The third-order valence-corrected chi connectivity index (χ3v) is 7.23. The Morgan fingerprint density at radius 3 is 2.48 bits per heavy atom. The summed E-state index contributed by atoms with van der Waals surface area (Å²) in [6.45, 7) is 10.0. The number of carbonyl (C=O) groups is 1. The molecule has 0 saturated heterocycles. The minimum absolute atomic E-state index is 0.116. The molecule has 0 spiro atoms. The molecule has 0 aliphatic heterocycles. The molecule has 29 heavy (non-hydrogen) atoms. The number of sulfonamides is 1. The Balaban J connectivity index is 2.35. The molecular formula is C21H28N2O4S2. The molecule has 0 aliphatic rings. The lowest BCUT2D eigenvalue weighted by molar-refractivity contribution is -0.111. The number of rotatable bonds is 9. The van der Waals surface area contributed by atoms with Crippen molar-refractivity contribution in [1.82, 2.24) is 4.31 Å². The molecule has 1 N–H and O–H groups in total. The van der Waals surface area contributed by atoms with E-state index < -0.39 is 10.0 Å². The molecule has 0 unspecified atom stereocenters. The lowest BCUT2D eigenvalue weighted by atomic mass is 10.2. The Morgan fingerprint density at radius 2 is 1.93 bits per heavy atom. The number of amides is 1. The zero-order valence-electron chi connectivity index (χ0n) is 17.4. The van der Waals surface area contributed by atoms with Gasteiger partial charge in [-0.2, -0.15) is 4.31 Å². The van der Waals surface area contributed by atoms with E-state index in [9.17, 15) is 13.2 Å². The second-order valence-electron chi connectivity index (χ2n) is 6.70. The zero-order chi connectivity index (χ0) is 21.6. The van der Waals surface area contributed by atoms with Gasteiger partial charge in [-0.25, -0.2) is 8.42 Å². The van der Waals surface area contributed by atoms with Crippen LogP contribution in [0, 0.1) is 6.92 Å². The van der Waals surface area contributed by atoms with Gasteiger partial charge in [-0.1, -0.05) is 13.8 Å². The molecule has 158 valence electrons. The van der Waals surface area contributed by atoms with Crippen molar-refractivity contribution >= 4 is 39.0 Å². The first-order valence-corrected chi connectivity index (χ1v) is 11.8. The number of carbonyl (C=O) groups excluding carboxylic acids is 1. The maximum atomic E-state index is 12.8. The summed E-state index contributed by atoms with van der Waals surface area (Å²) in [6.07, 6.45) is 3.05. The van der Waals surface area contributed by atoms with Gasteiger partial charge < -0.3 is 10.1 Å². The monoisotopic (exact) mass is 436 g/mol. The highest BCUT2D eigenvalue weighted by Gasteiger charge is 2.23. The summed E-state index contributed by atoms with van der Waals surface area (Å²) in [7, 11) is -3.65. The number of nitrogens with zero attached hydrogens (tertiary/aromatic N) is 1. The number of hydrogen-bond acceptors (Lipinski definition) is 5. The van der Waals surface area contributed by atoms with Crippen molar-refractivity contribution in [3.05, 3.63) is 46.2 Å². The van der Waals surface area contributed by atoms with Crippen LogP contribution in [0.4, 0.5) is 5.69 Å². The van der Waals surface area contributed by atoms with Crippen LogP contribution in [0.1, 0.15) is 38.1 Å². The van der Waals surface area contributed by atoms with E-state index in [0.29, 0.717) is 24.5 Å². The highest BCUT2D eigenvalue weighted by molar-refractivity contribution is 7.89. The largest absolute Gasteiger partial charge is 0.489 e. The van der Waals surface area contributed by atoms with Crippen molar-refractivity contribution in [1.29, 1.82) is 0 Å². The van der Waals surface area contributed by atoms with E-state index in [1.54, 1.807) is 37.3 Å². The van der Waals surface area contributed by atoms with Crippen molar-refractivity contribution in [2.24, 2.45) is 0 Å². The average Bonchev–Trinajstić information content (AvgIpc) is 3.06. The average molecular weight is 437 g/mol. The second kappa shape index (κ2) is 10.0. The first-order valence-electron chi connectivity index (χ1n) is 9.53. The van der Waals surface area contributed by atoms with Crippen LogP contribution in [0.3, 0.4) is 0 Å². The van der Waals surface area contributed by atoms with Crippen LogP contribution in [0.2, 0.25) is 0 Å². The van der Waals surface area contributed by atoms with Crippen LogP contribution >= 0.6 is 11.3 Å². The van der Waals surface area contributed by atoms with Crippen LogP contribution in [0.5, 0.6) is 5.75 Å². The van der Waals surface area contributed by atoms with Crippen LogP contribution in [0.15, 0.2) is 40.6 Å². The van der Waals surface area contributed by atoms with Gasteiger partial charge in [0, 0.05) is 24.0 Å². The van der Waals surface area contributed by atoms with E-state index in [0.717, 1.165) is 10.4 Å². The third-order valence-electron chi connectivity index (χ3n) is 4.20. The number of ether oxygens (including phenoxy) is 1. The summed E-state index contributed by atoms with van der Waals surface area (Å²) < 4.78 is 32.8. The van der Waals surface area contributed by atoms with Gasteiger partial charge >= 0.3 is 0 Å². The molecule has 1 amide bonds. The molecule has 8 heteroatoms. The van der Waals surface area contributed by atoms with Gasteiger partial charge in [-0.05, 0) is 62.1 Å². The van der Waals surface area contributed by atoms with Gasteiger partial charge in [0.1, 0.15) is 5.75 Å². The number of hydrogen-bond donors (Lipinski definition) is 1. The summed E-state index contributed by atoms with van der Waals surface area (Å²) in [5.41, 5.74) is 1.42. The third kappa shape index (κ3) is 5.91. The lowest BCUT2D eigenvalue weighted by Gasteiger charge is -2.20. The number of aryl methyl sites for hydroxylation is 1. The van der Waals surface area contributed by atoms with Crippen molar-refractivity contribution in [3.63, 3.8) is 0 Å². The predicted molar refractivity (Wildman–Crippen MR) is 119 cm³/mol. The van der Waals surface area contributed by atoms with Gasteiger partial charge in [-0.15, -0.1) is 11.3 Å². The van der Waals surface area contributed by atoms with E-state index in [1.807, 2.05) is 32.2 Å². The van der Waals surface area contributed by atoms with E-state index in [2.05, 4.69) is 5.32 Å². The van der Waals surface area contributed by atoms with Crippen molar-refractivity contribution < 1.29 is 17.9 Å². The molecular weight excluding hydrogens is 408 g/mol. The molecule has 0 aliphatic carbocycles. The van der Waals surface area contributed by atoms with Crippen LogP contribution in [0.25, 0.3) is 6.08 Å². The first-order chi connectivity index (χ1) is 13.7. The molecule has 0 saturated carbocycles. The Morgan fingerprint density at radius 1 is 1.24 bits per heavy atom. The maximum absolute atomic E-state index is 12.8. The standard InChI is InChI=1S/C21H28N2O4S2/c1-6-23(7-2)29(25,26)17-8-9-19(27-15(3)4)18(14-17)22-21(24)11-10-20-16(5)12-13-28-20/h8-15H,6-7H2,1-5H3,(H,22,24)/b11-10+. The van der Waals surface area contributed by atoms with Crippen LogP contribution < -0.4 is 10.1 Å². The Kier molecular flexibility index (Phi) is 8.01. The Labute approximate surface area is 177 Å². The quantitative estimate of drug-likeness (QED) is 0.586. The fraction of sp³-hybridized carbons (Fsp3) is 0.381. The predicted octanol–water partition coefficient (Wildman–Crippen LogP) is 4.53. The smallest absolute Gasteiger partial charge is 0.248 e. The minimum atomic E-state index is -3.65. The Bertz CT molecular complexity index is 974. The number of benzene rings is 1. The molecule has 1 aromatic carbocycles. The number of nitrogens with one attached hydrogen (secondary N) is 1. The molecule has 2 rings (SSSR count).